The summed E-state index contributed by atoms with van der Waals surface area (Å²) in [6.07, 6.45) is 2.55. The molecule has 0 spiro atoms. The van der Waals surface area contributed by atoms with E-state index in [4.69, 9.17) is 0 Å². The Morgan fingerprint density at radius 3 is 2.59 bits per heavy atom. The van der Waals surface area contributed by atoms with Gasteiger partial charge in [-0.05, 0) is 43.2 Å². The number of hydrogen-bond acceptors (Lipinski definition) is 6. The molecule has 1 fully saturated rings. The van der Waals surface area contributed by atoms with Gasteiger partial charge in [-0.2, -0.15) is 10.2 Å². The van der Waals surface area contributed by atoms with Crippen LogP contribution in [0.25, 0.3) is 0 Å². The van der Waals surface area contributed by atoms with Crippen LogP contribution in [-0.2, 0) is 9.59 Å². The van der Waals surface area contributed by atoms with Crippen molar-refractivity contribution in [1.29, 1.82) is 5.26 Å². The second kappa shape index (κ2) is 7.41. The third-order valence-corrected chi connectivity index (χ3v) is 4.61. The molecule has 2 amide bonds. The number of nitriles is 1. The number of carbonyl (C=O) groups excluding carboxylic acids is 2. The standard InChI is InChI=1S/C19H20N6O2/c1-3-19(12-20)9-11-25(17(19)27)16-8-10-21-18(24-16)23-15-6-4-14(5-7-15)22-13(2)26/h4-8,10H,3,9,11H2,1-2H3,(H,22,26)(H,21,23,24). The molecule has 1 unspecified atom stereocenters. The average Bonchev–Trinajstić information content (AvgIpc) is 3.00. The van der Waals surface area contributed by atoms with Crippen LogP contribution >= 0.6 is 0 Å². The van der Waals surface area contributed by atoms with Gasteiger partial charge < -0.3 is 10.6 Å². The van der Waals surface area contributed by atoms with Crippen molar-refractivity contribution in [3.8, 4) is 6.07 Å². The quantitative estimate of drug-likeness (QED) is 0.844. The highest BCUT2D eigenvalue weighted by molar-refractivity contribution is 6.01. The monoisotopic (exact) mass is 364 g/mol. The highest BCUT2D eigenvalue weighted by Gasteiger charge is 2.46. The van der Waals surface area contributed by atoms with E-state index < -0.39 is 5.41 Å². The first kappa shape index (κ1) is 18.3. The van der Waals surface area contributed by atoms with Crippen LogP contribution in [0.5, 0.6) is 0 Å². The van der Waals surface area contributed by atoms with Crippen LogP contribution in [0.1, 0.15) is 26.7 Å². The van der Waals surface area contributed by atoms with Gasteiger partial charge in [0.2, 0.25) is 17.8 Å². The van der Waals surface area contributed by atoms with Crippen molar-refractivity contribution in [3.63, 3.8) is 0 Å². The van der Waals surface area contributed by atoms with Gasteiger partial charge in [-0.1, -0.05) is 6.92 Å². The molecule has 2 aromatic rings. The Kier molecular flexibility index (Phi) is 5.03. The van der Waals surface area contributed by atoms with E-state index in [1.54, 1.807) is 41.4 Å². The normalized spacial score (nSPS) is 18.9. The molecule has 1 aliphatic heterocycles. The predicted molar refractivity (Wildman–Crippen MR) is 101 cm³/mol. The third-order valence-electron chi connectivity index (χ3n) is 4.61. The van der Waals surface area contributed by atoms with E-state index >= 15 is 0 Å². The average molecular weight is 364 g/mol. The zero-order valence-electron chi connectivity index (χ0n) is 15.2. The molecule has 1 aromatic carbocycles. The van der Waals surface area contributed by atoms with Crippen molar-refractivity contribution in [3.05, 3.63) is 36.5 Å². The molecule has 8 heteroatoms. The number of benzene rings is 1. The lowest BCUT2D eigenvalue weighted by molar-refractivity contribution is -0.123. The van der Waals surface area contributed by atoms with Crippen LogP contribution in [0.3, 0.4) is 0 Å². The molecule has 2 N–H and O–H groups in total. The van der Waals surface area contributed by atoms with Gasteiger partial charge in [-0.25, -0.2) is 4.98 Å². The number of rotatable bonds is 5. The second-order valence-electron chi connectivity index (χ2n) is 6.38. The second-order valence-corrected chi connectivity index (χ2v) is 6.38. The van der Waals surface area contributed by atoms with E-state index in [0.717, 1.165) is 5.69 Å². The number of aromatic nitrogens is 2. The molecule has 138 valence electrons. The number of hydrogen-bond donors (Lipinski definition) is 2. The van der Waals surface area contributed by atoms with E-state index in [0.29, 0.717) is 36.8 Å². The smallest absolute Gasteiger partial charge is 0.248 e. The van der Waals surface area contributed by atoms with Crippen molar-refractivity contribution in [1.82, 2.24) is 9.97 Å². The third kappa shape index (κ3) is 3.72. The fourth-order valence-electron chi connectivity index (χ4n) is 3.03. The number of carbonyl (C=O) groups is 2. The van der Waals surface area contributed by atoms with Gasteiger partial charge in [0, 0.05) is 31.0 Å². The molecular weight excluding hydrogens is 344 g/mol. The van der Waals surface area contributed by atoms with Gasteiger partial charge in [0.1, 0.15) is 11.2 Å². The molecule has 2 heterocycles. The summed E-state index contributed by atoms with van der Waals surface area (Å²) in [6.45, 7) is 3.76. The largest absolute Gasteiger partial charge is 0.326 e. The van der Waals surface area contributed by atoms with Crippen molar-refractivity contribution in [2.45, 2.75) is 26.7 Å². The number of nitrogens with zero attached hydrogens (tertiary/aromatic N) is 4. The minimum atomic E-state index is -0.960. The van der Waals surface area contributed by atoms with Gasteiger partial charge in [0.05, 0.1) is 6.07 Å². The van der Waals surface area contributed by atoms with Crippen LogP contribution < -0.4 is 15.5 Å². The Morgan fingerprint density at radius 1 is 1.30 bits per heavy atom. The maximum absolute atomic E-state index is 12.7. The number of nitrogens with one attached hydrogen (secondary N) is 2. The summed E-state index contributed by atoms with van der Waals surface area (Å²) < 4.78 is 0. The molecule has 0 aliphatic carbocycles. The maximum atomic E-state index is 12.7. The maximum Gasteiger partial charge on any atom is 0.248 e. The molecule has 27 heavy (non-hydrogen) atoms. The Labute approximate surface area is 157 Å². The van der Waals surface area contributed by atoms with Crippen LogP contribution in [0.2, 0.25) is 0 Å². The van der Waals surface area contributed by atoms with Crippen LogP contribution in [0.15, 0.2) is 36.5 Å². The highest BCUT2D eigenvalue weighted by Crippen LogP contribution is 2.36. The zero-order chi connectivity index (χ0) is 19.4. The number of anilines is 4. The Morgan fingerprint density at radius 2 is 2.00 bits per heavy atom. The van der Waals surface area contributed by atoms with Crippen molar-refractivity contribution < 1.29 is 9.59 Å². The van der Waals surface area contributed by atoms with Crippen LogP contribution in [0.4, 0.5) is 23.1 Å². The Bertz CT molecular complexity index is 905. The van der Waals surface area contributed by atoms with Crippen LogP contribution in [0, 0.1) is 16.7 Å². The molecule has 1 aromatic heterocycles. The molecule has 3 rings (SSSR count). The molecule has 1 atom stereocenters. The molecule has 0 saturated carbocycles. The van der Waals surface area contributed by atoms with E-state index in [-0.39, 0.29) is 11.8 Å². The zero-order valence-corrected chi connectivity index (χ0v) is 15.2. The van der Waals surface area contributed by atoms with Crippen LogP contribution in [-0.4, -0.2) is 28.3 Å². The summed E-state index contributed by atoms with van der Waals surface area (Å²) in [6, 6.07) is 10.9. The first-order valence-corrected chi connectivity index (χ1v) is 8.68. The van der Waals surface area contributed by atoms with Crippen molar-refractivity contribution in [2.75, 3.05) is 22.1 Å². The van der Waals surface area contributed by atoms with Gasteiger partial charge in [-0.3, -0.25) is 14.5 Å². The minimum Gasteiger partial charge on any atom is -0.326 e. The Hall–Kier alpha value is -3.47. The predicted octanol–water partition coefficient (Wildman–Crippen LogP) is 2.84. The molecule has 1 saturated heterocycles. The highest BCUT2D eigenvalue weighted by atomic mass is 16.2. The molecule has 0 bridgehead atoms. The topological polar surface area (TPSA) is 111 Å². The minimum absolute atomic E-state index is 0.137. The lowest BCUT2D eigenvalue weighted by Crippen LogP contribution is -2.33. The summed E-state index contributed by atoms with van der Waals surface area (Å²) in [5.41, 5.74) is 0.477. The molecular formula is C19H20N6O2. The summed E-state index contributed by atoms with van der Waals surface area (Å²) in [5, 5.41) is 15.2. The van der Waals surface area contributed by atoms with E-state index in [2.05, 4.69) is 26.7 Å². The summed E-state index contributed by atoms with van der Waals surface area (Å²) >= 11 is 0. The van der Waals surface area contributed by atoms with Gasteiger partial charge >= 0.3 is 0 Å². The van der Waals surface area contributed by atoms with Gasteiger partial charge in [-0.15, -0.1) is 0 Å². The lowest BCUT2D eigenvalue weighted by Gasteiger charge is -2.19. The van der Waals surface area contributed by atoms with Gasteiger partial charge in [0.15, 0.2) is 0 Å². The summed E-state index contributed by atoms with van der Waals surface area (Å²) in [5.74, 6) is 0.468. The first-order valence-electron chi connectivity index (χ1n) is 8.68. The SMILES string of the molecule is CCC1(C#N)CCN(c2ccnc(Nc3ccc(NC(C)=O)cc3)n2)C1=O. The van der Waals surface area contributed by atoms with E-state index in [1.165, 1.54) is 6.92 Å². The lowest BCUT2D eigenvalue weighted by atomic mass is 9.85. The molecule has 0 radical (unpaired) electrons. The van der Waals surface area contributed by atoms with Gasteiger partial charge in [0.25, 0.3) is 0 Å². The number of amides is 2. The first-order chi connectivity index (χ1) is 13.0. The fourth-order valence-corrected chi connectivity index (χ4v) is 3.03. The van der Waals surface area contributed by atoms with Crippen molar-refractivity contribution >= 4 is 35.0 Å². The van der Waals surface area contributed by atoms with E-state index in [1.807, 2.05) is 6.92 Å². The Balaban J connectivity index is 1.76. The fraction of sp³-hybridized carbons (Fsp3) is 0.316. The van der Waals surface area contributed by atoms with E-state index in [9.17, 15) is 14.9 Å². The molecule has 8 nitrogen and oxygen atoms in total. The summed E-state index contributed by atoms with van der Waals surface area (Å²) in [4.78, 5) is 33.9. The summed E-state index contributed by atoms with van der Waals surface area (Å²) in [7, 11) is 0. The molecule has 1 aliphatic rings. The van der Waals surface area contributed by atoms with Crippen molar-refractivity contribution in [2.24, 2.45) is 5.41 Å².